The Labute approximate surface area is 128 Å². The van der Waals surface area contributed by atoms with Gasteiger partial charge in [-0.15, -0.1) is 0 Å². The van der Waals surface area contributed by atoms with Crippen molar-refractivity contribution in [1.82, 2.24) is 15.1 Å². The van der Waals surface area contributed by atoms with Crippen molar-refractivity contribution in [2.75, 3.05) is 32.1 Å². The lowest BCUT2D eigenvalue weighted by Crippen LogP contribution is -2.33. The molecule has 0 aliphatic carbocycles. The van der Waals surface area contributed by atoms with Gasteiger partial charge in [0.05, 0.1) is 25.0 Å². The zero-order valence-corrected chi connectivity index (χ0v) is 13.1. The number of hydrogen-bond donors (Lipinski definition) is 2. The summed E-state index contributed by atoms with van der Waals surface area (Å²) in [4.78, 5) is 23.5. The molecule has 0 aromatic carbocycles. The molecule has 21 heavy (non-hydrogen) atoms. The van der Waals surface area contributed by atoms with Gasteiger partial charge < -0.3 is 15.4 Å². The molecule has 1 aromatic heterocycles. The lowest BCUT2D eigenvalue weighted by Gasteiger charge is -2.10. The Bertz CT molecular complexity index is 519. The van der Waals surface area contributed by atoms with Crippen LogP contribution < -0.4 is 16.2 Å². The Morgan fingerprint density at radius 3 is 2.95 bits per heavy atom. The Hall–Kier alpha value is -1.60. The molecule has 1 aromatic rings. The summed E-state index contributed by atoms with van der Waals surface area (Å²) in [5, 5.41) is 9.54. The first-order valence-electron chi connectivity index (χ1n) is 6.85. The van der Waals surface area contributed by atoms with Gasteiger partial charge in [-0.3, -0.25) is 9.59 Å². The molecule has 8 heteroatoms. The van der Waals surface area contributed by atoms with Gasteiger partial charge in [-0.1, -0.05) is 24.9 Å². The topological polar surface area (TPSA) is 85.2 Å². The van der Waals surface area contributed by atoms with Crippen molar-refractivity contribution in [3.63, 3.8) is 0 Å². The van der Waals surface area contributed by atoms with E-state index in [0.29, 0.717) is 25.4 Å². The summed E-state index contributed by atoms with van der Waals surface area (Å²) < 4.78 is 6.15. The van der Waals surface area contributed by atoms with Gasteiger partial charge >= 0.3 is 0 Å². The van der Waals surface area contributed by atoms with Gasteiger partial charge in [-0.05, 0) is 6.42 Å². The van der Waals surface area contributed by atoms with E-state index in [1.54, 1.807) is 7.11 Å². The van der Waals surface area contributed by atoms with E-state index in [1.165, 1.54) is 10.9 Å². The van der Waals surface area contributed by atoms with Crippen LogP contribution in [0.4, 0.5) is 5.69 Å². The molecule has 0 saturated heterocycles. The number of rotatable bonds is 9. The van der Waals surface area contributed by atoms with Gasteiger partial charge in [-0.25, -0.2) is 4.68 Å². The molecule has 0 spiro atoms. The standard InChI is InChI=1S/C13H21ClN4O3/c1-3-4-6-18-13(20)12(14)10(8-17-18)16-9-11(19)15-5-7-21-2/h8,16H,3-7,9H2,1-2H3,(H,15,19). The predicted octanol–water partition coefficient (Wildman–Crippen LogP) is 0.871. The van der Waals surface area contributed by atoms with E-state index < -0.39 is 0 Å². The third-order valence-corrected chi connectivity index (χ3v) is 3.14. The fourth-order valence-corrected chi connectivity index (χ4v) is 1.80. The highest BCUT2D eigenvalue weighted by Gasteiger charge is 2.10. The first kappa shape index (κ1) is 17.5. The second-order valence-electron chi connectivity index (χ2n) is 4.45. The number of unbranched alkanes of at least 4 members (excludes halogenated alkanes) is 1. The molecule has 1 heterocycles. The Kier molecular flexibility index (Phi) is 7.78. The fourth-order valence-electron chi connectivity index (χ4n) is 1.59. The van der Waals surface area contributed by atoms with E-state index >= 15 is 0 Å². The molecule has 0 atom stereocenters. The maximum atomic E-state index is 12.0. The van der Waals surface area contributed by atoms with Crippen LogP contribution >= 0.6 is 11.6 Å². The molecular weight excluding hydrogens is 296 g/mol. The number of carbonyl (C=O) groups is 1. The molecule has 7 nitrogen and oxygen atoms in total. The van der Waals surface area contributed by atoms with Crippen LogP contribution in [0, 0.1) is 0 Å². The summed E-state index contributed by atoms with van der Waals surface area (Å²) in [7, 11) is 1.56. The van der Waals surface area contributed by atoms with Crippen LogP contribution in [-0.4, -0.2) is 42.5 Å². The molecule has 1 amide bonds. The van der Waals surface area contributed by atoms with Gasteiger partial charge in [0.15, 0.2) is 0 Å². The van der Waals surface area contributed by atoms with Crippen molar-refractivity contribution >= 4 is 23.2 Å². The Balaban J connectivity index is 2.58. The van der Waals surface area contributed by atoms with E-state index in [0.717, 1.165) is 12.8 Å². The smallest absolute Gasteiger partial charge is 0.287 e. The van der Waals surface area contributed by atoms with Crippen molar-refractivity contribution in [3.8, 4) is 0 Å². The molecule has 2 N–H and O–H groups in total. The highest BCUT2D eigenvalue weighted by Crippen LogP contribution is 2.14. The number of halogens is 1. The average Bonchev–Trinajstić information content (AvgIpc) is 2.48. The number of amides is 1. The molecule has 0 bridgehead atoms. The number of aromatic nitrogens is 2. The Morgan fingerprint density at radius 1 is 1.52 bits per heavy atom. The third-order valence-electron chi connectivity index (χ3n) is 2.78. The SMILES string of the molecule is CCCCn1ncc(NCC(=O)NCCOC)c(Cl)c1=O. The number of methoxy groups -OCH3 is 1. The largest absolute Gasteiger partial charge is 0.383 e. The van der Waals surface area contributed by atoms with Crippen molar-refractivity contribution in [2.24, 2.45) is 0 Å². The molecule has 1 rings (SSSR count). The summed E-state index contributed by atoms with van der Waals surface area (Å²) in [6, 6.07) is 0. The van der Waals surface area contributed by atoms with E-state index in [4.69, 9.17) is 16.3 Å². The van der Waals surface area contributed by atoms with Crippen LogP contribution in [0.25, 0.3) is 0 Å². The Morgan fingerprint density at radius 2 is 2.29 bits per heavy atom. The monoisotopic (exact) mass is 316 g/mol. The van der Waals surface area contributed by atoms with Gasteiger partial charge in [0.1, 0.15) is 5.02 Å². The number of nitrogens with one attached hydrogen (secondary N) is 2. The number of ether oxygens (including phenoxy) is 1. The molecule has 0 radical (unpaired) electrons. The van der Waals surface area contributed by atoms with Gasteiger partial charge in [0.25, 0.3) is 5.56 Å². The summed E-state index contributed by atoms with van der Waals surface area (Å²) in [5.41, 5.74) is 0.00575. The van der Waals surface area contributed by atoms with Crippen LogP contribution in [0.3, 0.4) is 0 Å². The summed E-state index contributed by atoms with van der Waals surface area (Å²) >= 11 is 6.00. The van der Waals surface area contributed by atoms with Gasteiger partial charge in [-0.2, -0.15) is 5.10 Å². The van der Waals surface area contributed by atoms with E-state index in [1.807, 2.05) is 6.92 Å². The molecule has 0 aliphatic rings. The van der Waals surface area contributed by atoms with Crippen LogP contribution in [0.5, 0.6) is 0 Å². The quantitative estimate of drug-likeness (QED) is 0.660. The molecule has 118 valence electrons. The van der Waals surface area contributed by atoms with Crippen molar-refractivity contribution in [3.05, 3.63) is 21.6 Å². The number of hydrogen-bond acceptors (Lipinski definition) is 5. The molecule has 0 unspecified atom stereocenters. The zero-order chi connectivity index (χ0) is 15.7. The highest BCUT2D eigenvalue weighted by molar-refractivity contribution is 6.33. The number of anilines is 1. The maximum Gasteiger partial charge on any atom is 0.287 e. The average molecular weight is 317 g/mol. The molecule has 0 aliphatic heterocycles. The van der Waals surface area contributed by atoms with Crippen molar-refractivity contribution in [2.45, 2.75) is 26.3 Å². The molecule has 0 fully saturated rings. The van der Waals surface area contributed by atoms with Crippen molar-refractivity contribution in [1.29, 1.82) is 0 Å². The lowest BCUT2D eigenvalue weighted by molar-refractivity contribution is -0.119. The van der Waals surface area contributed by atoms with E-state index in [2.05, 4.69) is 15.7 Å². The lowest BCUT2D eigenvalue weighted by atomic mass is 10.3. The minimum atomic E-state index is -0.352. The third kappa shape index (κ3) is 5.73. The van der Waals surface area contributed by atoms with Crippen molar-refractivity contribution < 1.29 is 9.53 Å². The van der Waals surface area contributed by atoms with Crippen LogP contribution in [0.1, 0.15) is 19.8 Å². The fraction of sp³-hybridized carbons (Fsp3) is 0.615. The predicted molar refractivity (Wildman–Crippen MR) is 81.8 cm³/mol. The number of carbonyl (C=O) groups excluding carboxylic acids is 1. The molecular formula is C13H21ClN4O3. The number of aryl methyl sites for hydroxylation is 1. The summed E-state index contributed by atoms with van der Waals surface area (Å²) in [6.45, 7) is 3.46. The maximum absolute atomic E-state index is 12.0. The summed E-state index contributed by atoms with van der Waals surface area (Å²) in [6.07, 6.45) is 3.28. The summed E-state index contributed by atoms with van der Waals surface area (Å²) in [5.74, 6) is -0.210. The highest BCUT2D eigenvalue weighted by atomic mass is 35.5. The normalized spacial score (nSPS) is 10.4. The first-order chi connectivity index (χ1) is 10.1. The van der Waals surface area contributed by atoms with E-state index in [-0.39, 0.29) is 23.0 Å². The van der Waals surface area contributed by atoms with Gasteiger partial charge in [0, 0.05) is 20.2 Å². The zero-order valence-electron chi connectivity index (χ0n) is 12.3. The van der Waals surface area contributed by atoms with Gasteiger partial charge in [0.2, 0.25) is 5.91 Å². The second kappa shape index (κ2) is 9.36. The first-order valence-corrected chi connectivity index (χ1v) is 7.23. The molecule has 0 saturated carbocycles. The van der Waals surface area contributed by atoms with Crippen LogP contribution in [0.15, 0.2) is 11.0 Å². The van der Waals surface area contributed by atoms with Crippen LogP contribution in [0.2, 0.25) is 5.02 Å². The van der Waals surface area contributed by atoms with Crippen LogP contribution in [-0.2, 0) is 16.1 Å². The minimum absolute atomic E-state index is 0.0174. The minimum Gasteiger partial charge on any atom is -0.383 e. The van der Waals surface area contributed by atoms with E-state index in [9.17, 15) is 9.59 Å². The second-order valence-corrected chi connectivity index (χ2v) is 4.83. The number of nitrogens with zero attached hydrogens (tertiary/aromatic N) is 2.